The second kappa shape index (κ2) is 11.9. The highest BCUT2D eigenvalue weighted by Gasteiger charge is 2.37. The van der Waals surface area contributed by atoms with Crippen LogP contribution in [0.4, 0.5) is 0 Å². The summed E-state index contributed by atoms with van der Waals surface area (Å²) >= 11 is 1.60. The van der Waals surface area contributed by atoms with Crippen molar-refractivity contribution >= 4 is 50.4 Å². The van der Waals surface area contributed by atoms with Crippen LogP contribution in [0.5, 0.6) is 0 Å². The van der Waals surface area contributed by atoms with Gasteiger partial charge in [-0.15, -0.1) is 11.3 Å². The van der Waals surface area contributed by atoms with Crippen molar-refractivity contribution in [1.29, 1.82) is 0 Å². The Morgan fingerprint density at radius 2 is 1.72 bits per heavy atom. The van der Waals surface area contributed by atoms with Crippen LogP contribution in [-0.4, -0.2) is 49.1 Å². The summed E-state index contributed by atoms with van der Waals surface area (Å²) in [7, 11) is 0. The highest BCUT2D eigenvalue weighted by atomic mass is 32.1. The third-order valence-corrected chi connectivity index (χ3v) is 8.41. The summed E-state index contributed by atoms with van der Waals surface area (Å²) in [5.74, 6) is -0.714. The fourth-order valence-electron chi connectivity index (χ4n) is 5.13. The van der Waals surface area contributed by atoms with E-state index in [4.69, 9.17) is 5.73 Å². The Hall–Kier alpha value is -3.79. The van der Waals surface area contributed by atoms with Crippen LogP contribution in [0.2, 0.25) is 0 Å². The van der Waals surface area contributed by atoms with Gasteiger partial charge >= 0.3 is 0 Å². The van der Waals surface area contributed by atoms with Gasteiger partial charge in [0.2, 0.25) is 18.2 Å². The SMILES string of the molecule is NC1(C(=O)N[C@H](Cc2csc3ccccc23)C(=O)N[C@@H](Cc2ccc3ccccc3c2)NC=O)CCNCC1. The van der Waals surface area contributed by atoms with Gasteiger partial charge in [0.05, 0.1) is 5.54 Å². The molecule has 9 heteroatoms. The van der Waals surface area contributed by atoms with E-state index in [2.05, 4.69) is 21.3 Å². The van der Waals surface area contributed by atoms with Crippen LogP contribution in [-0.2, 0) is 27.2 Å². The molecular formula is C30H33N5O3S. The van der Waals surface area contributed by atoms with Crippen molar-refractivity contribution in [3.8, 4) is 0 Å². The smallest absolute Gasteiger partial charge is 0.244 e. The van der Waals surface area contributed by atoms with Crippen LogP contribution >= 0.6 is 11.3 Å². The van der Waals surface area contributed by atoms with E-state index in [1.807, 2.05) is 72.1 Å². The molecule has 5 rings (SSSR count). The minimum atomic E-state index is -1.04. The number of nitrogens with two attached hydrogens (primary N) is 1. The number of hydrogen-bond donors (Lipinski definition) is 5. The number of thiophene rings is 1. The van der Waals surface area contributed by atoms with Crippen LogP contribution in [0, 0.1) is 0 Å². The molecule has 1 aromatic heterocycles. The van der Waals surface area contributed by atoms with E-state index < -0.39 is 17.7 Å². The lowest BCUT2D eigenvalue weighted by Gasteiger charge is -2.34. The first-order chi connectivity index (χ1) is 18.9. The van der Waals surface area contributed by atoms with Crippen molar-refractivity contribution in [2.45, 2.75) is 43.4 Å². The summed E-state index contributed by atoms with van der Waals surface area (Å²) in [4.78, 5) is 38.5. The summed E-state index contributed by atoms with van der Waals surface area (Å²) in [5, 5.41) is 17.1. The van der Waals surface area contributed by atoms with E-state index in [1.165, 1.54) is 0 Å². The number of fused-ring (bicyclic) bond motifs is 2. The molecule has 39 heavy (non-hydrogen) atoms. The van der Waals surface area contributed by atoms with E-state index in [1.54, 1.807) is 11.3 Å². The zero-order chi connectivity index (χ0) is 27.2. The predicted molar refractivity (Wildman–Crippen MR) is 155 cm³/mol. The van der Waals surface area contributed by atoms with Gasteiger partial charge in [-0.1, -0.05) is 60.7 Å². The highest BCUT2D eigenvalue weighted by Crippen LogP contribution is 2.27. The first-order valence-electron chi connectivity index (χ1n) is 13.2. The zero-order valence-electron chi connectivity index (χ0n) is 21.6. The molecule has 4 aromatic rings. The first-order valence-corrected chi connectivity index (χ1v) is 14.1. The average Bonchev–Trinajstić information content (AvgIpc) is 3.36. The lowest BCUT2D eigenvalue weighted by Crippen LogP contribution is -2.63. The normalized spacial score (nSPS) is 16.3. The Balaban J connectivity index is 1.36. The van der Waals surface area contributed by atoms with Crippen molar-refractivity contribution in [3.05, 3.63) is 83.2 Å². The maximum absolute atomic E-state index is 13.7. The van der Waals surface area contributed by atoms with E-state index in [-0.39, 0.29) is 11.8 Å². The van der Waals surface area contributed by atoms with E-state index in [0.717, 1.165) is 32.0 Å². The molecule has 3 aromatic carbocycles. The molecule has 1 saturated heterocycles. The molecule has 0 radical (unpaired) electrons. The second-order valence-corrected chi connectivity index (χ2v) is 11.0. The summed E-state index contributed by atoms with van der Waals surface area (Å²) in [5.41, 5.74) is 7.38. The molecule has 2 atom stereocenters. The lowest BCUT2D eigenvalue weighted by atomic mass is 9.88. The predicted octanol–water partition coefficient (Wildman–Crippen LogP) is 2.59. The summed E-state index contributed by atoms with van der Waals surface area (Å²) < 4.78 is 1.11. The van der Waals surface area contributed by atoms with Crippen LogP contribution < -0.4 is 27.0 Å². The molecule has 3 amide bonds. The number of piperidine rings is 1. The molecule has 6 N–H and O–H groups in total. The highest BCUT2D eigenvalue weighted by molar-refractivity contribution is 7.17. The molecule has 0 saturated carbocycles. The van der Waals surface area contributed by atoms with E-state index in [0.29, 0.717) is 45.2 Å². The monoisotopic (exact) mass is 543 g/mol. The maximum Gasteiger partial charge on any atom is 0.244 e. The van der Waals surface area contributed by atoms with Gasteiger partial charge in [0, 0.05) is 17.5 Å². The summed E-state index contributed by atoms with van der Waals surface area (Å²) in [6.45, 7) is 1.29. The quantitative estimate of drug-likeness (QED) is 0.155. The Bertz CT molecular complexity index is 1480. The lowest BCUT2D eigenvalue weighted by molar-refractivity contribution is -0.133. The molecule has 2 heterocycles. The molecule has 202 valence electrons. The fraction of sp³-hybridized carbons (Fsp3) is 0.300. The van der Waals surface area contributed by atoms with Gasteiger partial charge in [-0.3, -0.25) is 14.4 Å². The minimum Gasteiger partial charge on any atom is -0.342 e. The van der Waals surface area contributed by atoms with Gasteiger partial charge in [-0.2, -0.15) is 0 Å². The topological polar surface area (TPSA) is 125 Å². The molecular weight excluding hydrogens is 510 g/mol. The van der Waals surface area contributed by atoms with Gasteiger partial charge in [0.25, 0.3) is 0 Å². The second-order valence-electron chi connectivity index (χ2n) is 10.1. The van der Waals surface area contributed by atoms with Crippen molar-refractivity contribution in [3.63, 3.8) is 0 Å². The average molecular weight is 544 g/mol. The molecule has 1 aliphatic heterocycles. The molecule has 8 nitrogen and oxygen atoms in total. The number of benzene rings is 3. The number of hydrogen-bond acceptors (Lipinski definition) is 6. The van der Waals surface area contributed by atoms with Crippen LogP contribution in [0.15, 0.2) is 72.1 Å². The summed E-state index contributed by atoms with van der Waals surface area (Å²) in [6.07, 6.45) is 1.61. The van der Waals surface area contributed by atoms with Crippen molar-refractivity contribution in [1.82, 2.24) is 21.3 Å². The van der Waals surface area contributed by atoms with E-state index >= 15 is 0 Å². The Morgan fingerprint density at radius 3 is 2.51 bits per heavy atom. The van der Waals surface area contributed by atoms with Gasteiger partial charge in [-0.05, 0) is 64.7 Å². The third-order valence-electron chi connectivity index (χ3n) is 7.39. The van der Waals surface area contributed by atoms with Crippen LogP contribution in [0.1, 0.15) is 24.0 Å². The molecule has 1 fully saturated rings. The third kappa shape index (κ3) is 6.27. The molecule has 0 unspecified atom stereocenters. The van der Waals surface area contributed by atoms with E-state index in [9.17, 15) is 14.4 Å². The Morgan fingerprint density at radius 1 is 0.974 bits per heavy atom. The Labute approximate surface area is 231 Å². The van der Waals surface area contributed by atoms with Gasteiger partial charge in [0.15, 0.2) is 0 Å². The molecule has 0 aliphatic carbocycles. The number of amides is 3. The number of rotatable bonds is 10. The van der Waals surface area contributed by atoms with Gasteiger partial charge in [0.1, 0.15) is 12.2 Å². The van der Waals surface area contributed by atoms with Crippen molar-refractivity contribution < 1.29 is 14.4 Å². The Kier molecular flexibility index (Phi) is 8.21. The molecule has 1 aliphatic rings. The van der Waals surface area contributed by atoms with Gasteiger partial charge in [-0.25, -0.2) is 0 Å². The molecule has 0 bridgehead atoms. The van der Waals surface area contributed by atoms with Crippen molar-refractivity contribution in [2.75, 3.05) is 13.1 Å². The number of carbonyl (C=O) groups excluding carboxylic acids is 3. The van der Waals surface area contributed by atoms with Gasteiger partial charge < -0.3 is 27.0 Å². The van der Waals surface area contributed by atoms with Crippen LogP contribution in [0.25, 0.3) is 20.9 Å². The maximum atomic E-state index is 13.7. The largest absolute Gasteiger partial charge is 0.342 e. The zero-order valence-corrected chi connectivity index (χ0v) is 22.4. The standard InChI is InChI=1S/C30H33N5O3S/c31-30(11-13-32-14-12-30)29(38)34-25(17-23-18-39-26-8-4-3-7-24(23)26)28(37)35-27(33-19-36)16-20-9-10-21-5-1-2-6-22(21)15-20/h1-10,15,18-19,25,27,32H,11-14,16-17,31H2,(H,33,36)(H,34,38)(H,35,37)/t25-,27+/m1/s1. The first kappa shape index (κ1) is 26.8. The van der Waals surface area contributed by atoms with Crippen LogP contribution in [0.3, 0.4) is 0 Å². The minimum absolute atomic E-state index is 0.305. The molecule has 0 spiro atoms. The summed E-state index contributed by atoms with van der Waals surface area (Å²) in [6, 6.07) is 21.2. The number of nitrogens with one attached hydrogen (secondary N) is 4. The fourth-order valence-corrected chi connectivity index (χ4v) is 6.11. The number of carbonyl (C=O) groups is 3. The van der Waals surface area contributed by atoms with Crippen molar-refractivity contribution in [2.24, 2.45) is 5.73 Å².